The Balaban J connectivity index is 2.10. The summed E-state index contributed by atoms with van der Waals surface area (Å²) in [6.07, 6.45) is 0.828. The predicted molar refractivity (Wildman–Crippen MR) is 255 cm³/mol. The van der Waals surface area contributed by atoms with E-state index in [1.807, 2.05) is 122 Å². The highest BCUT2D eigenvalue weighted by atomic mass is 16.6. The lowest BCUT2D eigenvalue weighted by Gasteiger charge is -2.36. The van der Waals surface area contributed by atoms with Crippen LogP contribution in [0.15, 0.2) is 60.7 Å². The number of rotatable bonds is 12. The van der Waals surface area contributed by atoms with Gasteiger partial charge in [0.15, 0.2) is 0 Å². The van der Waals surface area contributed by atoms with Crippen LogP contribution >= 0.6 is 0 Å². The quantitative estimate of drug-likeness (QED) is 0.155. The van der Waals surface area contributed by atoms with Crippen molar-refractivity contribution in [2.45, 2.75) is 156 Å². The van der Waals surface area contributed by atoms with Crippen LogP contribution in [-0.2, 0) is 51.0 Å². The van der Waals surface area contributed by atoms with Crippen LogP contribution in [0.5, 0.6) is 0 Å². The number of likely N-dealkylation sites (N-methyl/N-ethyl adjacent to an activating group) is 4. The van der Waals surface area contributed by atoms with Crippen molar-refractivity contribution >= 4 is 23.9 Å². The Morgan fingerprint density at radius 1 is 0.422 bits per heavy atom. The largest absolute Gasteiger partial charge is 0.460 e. The topological polar surface area (TPSA) is 118 Å². The van der Waals surface area contributed by atoms with Crippen LogP contribution in [0.2, 0.25) is 0 Å². The molecule has 0 N–H and O–H groups in total. The van der Waals surface area contributed by atoms with Gasteiger partial charge >= 0.3 is 23.9 Å². The fraction of sp³-hybridized carbons (Fsp3) is 0.692. The number of nitrogens with zero attached hydrogens (tertiary/aromatic N) is 4. The van der Waals surface area contributed by atoms with Crippen LogP contribution in [0.4, 0.5) is 0 Å². The Kier molecular flexibility index (Phi) is 23.0. The van der Waals surface area contributed by atoms with Gasteiger partial charge in [0.25, 0.3) is 0 Å². The van der Waals surface area contributed by atoms with E-state index in [4.69, 9.17) is 18.9 Å². The maximum atomic E-state index is 14.4. The number of carbonyl (C=O) groups is 4. The van der Waals surface area contributed by atoms with Crippen molar-refractivity contribution < 1.29 is 38.1 Å². The lowest BCUT2D eigenvalue weighted by Crippen LogP contribution is -2.51. The minimum absolute atomic E-state index is 0.175. The zero-order valence-corrected chi connectivity index (χ0v) is 41.8. The first-order chi connectivity index (χ1) is 30.1. The zero-order chi connectivity index (χ0) is 47.7. The summed E-state index contributed by atoms with van der Waals surface area (Å²) in [6.45, 7) is 21.5. The predicted octanol–water partition coefficient (Wildman–Crippen LogP) is 7.56. The maximum absolute atomic E-state index is 14.4. The second-order valence-corrected chi connectivity index (χ2v) is 20.3. The van der Waals surface area contributed by atoms with Crippen LogP contribution in [0.3, 0.4) is 0 Å². The maximum Gasteiger partial charge on any atom is 0.323 e. The van der Waals surface area contributed by atoms with Crippen molar-refractivity contribution in [3.63, 3.8) is 0 Å². The summed E-state index contributed by atoms with van der Waals surface area (Å²) in [4.78, 5) is 65.0. The molecule has 8 atom stereocenters. The minimum Gasteiger partial charge on any atom is -0.460 e. The van der Waals surface area contributed by atoms with Gasteiger partial charge in [-0.15, -0.1) is 0 Å². The molecule has 1 aliphatic rings. The first-order valence-electron chi connectivity index (χ1n) is 23.8. The van der Waals surface area contributed by atoms with E-state index in [1.165, 1.54) is 0 Å². The van der Waals surface area contributed by atoms with Gasteiger partial charge in [-0.2, -0.15) is 0 Å². The highest BCUT2D eigenvalue weighted by molar-refractivity contribution is 5.78. The molecule has 1 unspecified atom stereocenters. The van der Waals surface area contributed by atoms with E-state index in [-0.39, 0.29) is 47.5 Å². The summed E-state index contributed by atoms with van der Waals surface area (Å²) in [6, 6.07) is 17.4. The molecule has 1 heterocycles. The van der Waals surface area contributed by atoms with Crippen molar-refractivity contribution in [1.82, 2.24) is 19.6 Å². The Hall–Kier alpha value is -3.84. The molecule has 0 amide bonds. The first kappa shape index (κ1) is 54.5. The molecule has 0 radical (unpaired) electrons. The number of hydrogen-bond acceptors (Lipinski definition) is 12. The molecule has 360 valence electrons. The van der Waals surface area contributed by atoms with E-state index in [0.29, 0.717) is 64.7 Å². The summed E-state index contributed by atoms with van der Waals surface area (Å²) in [5.74, 6) is -0.731. The van der Waals surface area contributed by atoms with E-state index in [2.05, 4.69) is 55.4 Å². The number of benzene rings is 2. The molecule has 3 rings (SSSR count). The molecule has 1 aliphatic heterocycles. The lowest BCUT2D eigenvalue weighted by molar-refractivity contribution is -0.162. The van der Waals surface area contributed by atoms with Crippen molar-refractivity contribution in [2.75, 3.05) is 54.4 Å². The Morgan fingerprint density at radius 3 is 0.938 bits per heavy atom. The van der Waals surface area contributed by atoms with E-state index in [9.17, 15) is 19.2 Å². The molecule has 12 heteroatoms. The number of carbonyl (C=O) groups excluding carboxylic acids is 4. The Morgan fingerprint density at radius 2 is 0.672 bits per heavy atom. The number of hydrogen-bond donors (Lipinski definition) is 0. The van der Waals surface area contributed by atoms with Crippen LogP contribution in [0, 0.1) is 23.7 Å². The summed E-state index contributed by atoms with van der Waals surface area (Å²) in [5, 5.41) is 0. The molecule has 12 nitrogen and oxygen atoms in total. The van der Waals surface area contributed by atoms with Crippen LogP contribution in [0.1, 0.15) is 106 Å². The van der Waals surface area contributed by atoms with Gasteiger partial charge in [-0.1, -0.05) is 116 Å². The molecular formula is C52H84N4O8. The number of ether oxygens (including phenoxy) is 4. The van der Waals surface area contributed by atoms with E-state index >= 15 is 0 Å². The molecule has 1 saturated heterocycles. The smallest absolute Gasteiger partial charge is 0.323 e. The minimum atomic E-state index is -0.605. The highest BCUT2D eigenvalue weighted by Gasteiger charge is 2.36. The Bertz CT molecular complexity index is 1550. The molecule has 0 saturated carbocycles. The van der Waals surface area contributed by atoms with Gasteiger partial charge in [-0.3, -0.25) is 38.8 Å². The highest BCUT2D eigenvalue weighted by Crippen LogP contribution is 2.23. The van der Waals surface area contributed by atoms with Crippen molar-refractivity contribution in [3.8, 4) is 0 Å². The summed E-state index contributed by atoms with van der Waals surface area (Å²) >= 11 is 0. The zero-order valence-electron chi connectivity index (χ0n) is 41.8. The van der Waals surface area contributed by atoms with Crippen LogP contribution in [0.25, 0.3) is 0 Å². The molecule has 1 fully saturated rings. The van der Waals surface area contributed by atoms with Crippen LogP contribution < -0.4 is 0 Å². The second-order valence-electron chi connectivity index (χ2n) is 20.3. The molecule has 64 heavy (non-hydrogen) atoms. The third-order valence-corrected chi connectivity index (χ3v) is 11.9. The van der Waals surface area contributed by atoms with Crippen molar-refractivity contribution in [1.29, 1.82) is 0 Å². The Labute approximate surface area is 386 Å². The third-order valence-electron chi connectivity index (χ3n) is 11.9. The van der Waals surface area contributed by atoms with Gasteiger partial charge in [0.1, 0.15) is 48.6 Å². The summed E-state index contributed by atoms with van der Waals surface area (Å²) in [7, 11) is 7.53. The van der Waals surface area contributed by atoms with Gasteiger partial charge in [-0.05, 0) is 103 Å². The third kappa shape index (κ3) is 18.9. The van der Waals surface area contributed by atoms with Gasteiger partial charge in [0.2, 0.25) is 0 Å². The molecule has 0 aromatic heterocycles. The fourth-order valence-electron chi connectivity index (χ4n) is 8.73. The fourth-order valence-corrected chi connectivity index (χ4v) is 8.73. The average Bonchev–Trinajstić information content (AvgIpc) is 3.19. The molecule has 0 aliphatic carbocycles. The lowest BCUT2D eigenvalue weighted by atomic mass is 10.0. The second kappa shape index (κ2) is 27.0. The molecule has 0 bridgehead atoms. The summed E-state index contributed by atoms with van der Waals surface area (Å²) in [5.41, 5.74) is 2.02. The van der Waals surface area contributed by atoms with E-state index < -0.39 is 48.6 Å². The first-order valence-corrected chi connectivity index (χ1v) is 23.8. The van der Waals surface area contributed by atoms with Crippen molar-refractivity contribution in [3.05, 3.63) is 71.8 Å². The normalized spacial score (nSPS) is 27.0. The van der Waals surface area contributed by atoms with Gasteiger partial charge in [0, 0.05) is 39.0 Å². The SMILES string of the molecule is CC(C)CC1C(=O)O[C@H](Cc2ccccc2)CN(C)[C@@H](CC(C)C)C(=O)O[C@H](C)CN(C)[C@@H](CC(C)C)C(=O)O[C@H](Cc2ccccc2)CN(C)[C@@H](CC(C)C)C(=O)O[C@H](C)CN1C. The number of cyclic esters (lactones) is 4. The average molecular weight is 893 g/mol. The molecular weight excluding hydrogens is 809 g/mol. The molecule has 0 spiro atoms. The van der Waals surface area contributed by atoms with E-state index in [0.717, 1.165) is 11.1 Å². The van der Waals surface area contributed by atoms with Crippen LogP contribution in [-0.4, -0.2) is 146 Å². The van der Waals surface area contributed by atoms with Gasteiger partial charge in [0.05, 0.1) is 0 Å². The summed E-state index contributed by atoms with van der Waals surface area (Å²) < 4.78 is 25.4. The molecule has 2 aromatic rings. The number of esters is 4. The van der Waals surface area contributed by atoms with Crippen molar-refractivity contribution in [2.24, 2.45) is 23.7 Å². The monoisotopic (exact) mass is 893 g/mol. The van der Waals surface area contributed by atoms with Gasteiger partial charge in [-0.25, -0.2) is 0 Å². The standard InChI is InChI=1S/C52H84N4O8/c1-35(2)25-45-49(57)61-39(9)31-53(11)48(28-38(7)8)52(60)64-44(30-42-23-19-16-20-24-42)34-56(14)46(26-36(3)4)50(58)62-40(10)32-54(12)47(27-37(5)6)51(59)63-43(33-55(45)13)29-41-21-17-15-18-22-41/h15-24,35-40,43-48H,25-34H2,1-14H3/t39-,40-,43-,44-,45+,46+,47+,48?/m1/s1. The van der Waals surface area contributed by atoms with E-state index in [1.54, 1.807) is 0 Å². The van der Waals surface area contributed by atoms with Gasteiger partial charge < -0.3 is 18.9 Å². The molecule has 2 aromatic carbocycles.